The molecule has 1 saturated heterocycles. The molecule has 0 radical (unpaired) electrons. The van der Waals surface area contributed by atoms with E-state index < -0.39 is 18.1 Å². The lowest BCUT2D eigenvalue weighted by atomic mass is 10.0. The van der Waals surface area contributed by atoms with Crippen LogP contribution in [0, 0.1) is 0 Å². The molecule has 1 aromatic rings. The van der Waals surface area contributed by atoms with Crippen molar-refractivity contribution < 1.29 is 27.5 Å². The molecule has 8 heteroatoms. The van der Waals surface area contributed by atoms with Crippen LogP contribution in [-0.4, -0.2) is 43.1 Å². The number of carbonyl (C=O) groups excluding carboxylic acids is 2. The average molecular weight is 358 g/mol. The van der Waals surface area contributed by atoms with Crippen molar-refractivity contribution in [1.29, 1.82) is 0 Å². The highest BCUT2D eigenvalue weighted by Gasteiger charge is 2.40. The molecule has 1 aliphatic heterocycles. The lowest BCUT2D eigenvalue weighted by Gasteiger charge is -2.29. The summed E-state index contributed by atoms with van der Waals surface area (Å²) in [5.74, 6) is -1.78. The van der Waals surface area contributed by atoms with Gasteiger partial charge in [0.2, 0.25) is 5.91 Å². The Kier molecular flexibility index (Phi) is 6.27. The van der Waals surface area contributed by atoms with Gasteiger partial charge in [-0.05, 0) is 37.0 Å². The number of amides is 2. The first-order valence-corrected chi connectivity index (χ1v) is 8.10. The minimum Gasteiger partial charge on any atom is -0.497 e. The summed E-state index contributed by atoms with van der Waals surface area (Å²) >= 11 is 0. The van der Waals surface area contributed by atoms with E-state index in [4.69, 9.17) is 4.74 Å². The van der Waals surface area contributed by atoms with Crippen LogP contribution in [0.1, 0.15) is 37.3 Å². The molecule has 2 rings (SSSR count). The average Bonchev–Trinajstić information content (AvgIpc) is 2.61. The number of carbonyl (C=O) groups is 2. The van der Waals surface area contributed by atoms with Gasteiger partial charge in [-0.2, -0.15) is 13.2 Å². The molecule has 1 heterocycles. The third-order valence-corrected chi connectivity index (χ3v) is 4.17. The minimum absolute atomic E-state index is 0.214. The summed E-state index contributed by atoms with van der Waals surface area (Å²) in [6, 6.07) is 5.20. The van der Waals surface area contributed by atoms with Crippen LogP contribution in [0.4, 0.5) is 13.2 Å². The lowest BCUT2D eigenvalue weighted by Crippen LogP contribution is -2.42. The van der Waals surface area contributed by atoms with Gasteiger partial charge in [0.15, 0.2) is 0 Å². The van der Waals surface area contributed by atoms with E-state index >= 15 is 0 Å². The summed E-state index contributed by atoms with van der Waals surface area (Å²) < 4.78 is 42.8. The zero-order valence-electron chi connectivity index (χ0n) is 13.9. The number of halogens is 3. The van der Waals surface area contributed by atoms with Crippen molar-refractivity contribution in [1.82, 2.24) is 10.2 Å². The smallest absolute Gasteiger partial charge is 0.471 e. The van der Waals surface area contributed by atoms with E-state index in [1.807, 2.05) is 5.32 Å². The molecular formula is C17H21F3N2O3. The Morgan fingerprint density at radius 2 is 1.76 bits per heavy atom. The molecule has 0 spiro atoms. The number of likely N-dealkylation sites (tertiary alicyclic amines) is 1. The van der Waals surface area contributed by atoms with Crippen LogP contribution in [0.25, 0.3) is 0 Å². The van der Waals surface area contributed by atoms with E-state index in [0.717, 1.165) is 19.3 Å². The molecule has 1 fully saturated rings. The van der Waals surface area contributed by atoms with E-state index in [1.165, 1.54) is 7.11 Å². The Hall–Kier alpha value is -2.25. The molecule has 0 aliphatic carbocycles. The molecule has 1 aromatic carbocycles. The molecule has 1 atom stereocenters. The number of nitrogens with zero attached hydrogens (tertiary/aromatic N) is 1. The highest BCUT2D eigenvalue weighted by Crippen LogP contribution is 2.24. The number of hydrogen-bond donors (Lipinski definition) is 1. The van der Waals surface area contributed by atoms with Crippen molar-refractivity contribution in [2.45, 2.75) is 37.9 Å². The summed E-state index contributed by atoms with van der Waals surface area (Å²) in [6.07, 6.45) is -2.41. The molecule has 1 N–H and O–H groups in total. The van der Waals surface area contributed by atoms with Crippen LogP contribution >= 0.6 is 0 Å². The number of alkyl halides is 3. The summed E-state index contributed by atoms with van der Waals surface area (Å²) in [5.41, 5.74) is 0.420. The molecule has 0 aromatic heterocycles. The van der Waals surface area contributed by atoms with Gasteiger partial charge >= 0.3 is 12.1 Å². The third-order valence-electron chi connectivity index (χ3n) is 4.17. The van der Waals surface area contributed by atoms with E-state index in [1.54, 1.807) is 29.2 Å². The monoisotopic (exact) mass is 358 g/mol. The van der Waals surface area contributed by atoms with E-state index in [9.17, 15) is 22.8 Å². The second-order valence-corrected chi connectivity index (χ2v) is 5.94. The van der Waals surface area contributed by atoms with Crippen molar-refractivity contribution in [3.05, 3.63) is 29.8 Å². The molecule has 25 heavy (non-hydrogen) atoms. The predicted molar refractivity (Wildman–Crippen MR) is 85.0 cm³/mol. The van der Waals surface area contributed by atoms with Gasteiger partial charge in [-0.1, -0.05) is 12.1 Å². The summed E-state index contributed by atoms with van der Waals surface area (Å²) in [4.78, 5) is 25.4. The summed E-state index contributed by atoms with van der Waals surface area (Å²) in [6.45, 7) is 1.20. The molecular weight excluding hydrogens is 337 g/mol. The number of ether oxygens (including phenoxy) is 1. The zero-order valence-corrected chi connectivity index (χ0v) is 13.9. The van der Waals surface area contributed by atoms with Gasteiger partial charge in [0.05, 0.1) is 19.6 Å². The molecule has 5 nitrogen and oxygen atoms in total. The molecule has 1 aliphatic rings. The molecule has 2 amide bonds. The van der Waals surface area contributed by atoms with Crippen molar-refractivity contribution >= 4 is 11.8 Å². The maximum atomic E-state index is 12.6. The second kappa shape index (κ2) is 8.22. The van der Waals surface area contributed by atoms with Gasteiger partial charge in [-0.3, -0.25) is 9.59 Å². The van der Waals surface area contributed by atoms with Gasteiger partial charge in [-0.25, -0.2) is 0 Å². The van der Waals surface area contributed by atoms with E-state index in [2.05, 4.69) is 0 Å². The van der Waals surface area contributed by atoms with E-state index in [0.29, 0.717) is 24.4 Å². The standard InChI is InChI=1S/C17H21F3N2O3/c1-25-13-7-5-12(6-8-13)14(21-16(24)17(18,19)20)11-15(23)22-9-3-2-4-10-22/h5-8,14H,2-4,9-11H2,1H3,(H,21,24)/t14-/m1/s1. The van der Waals surface area contributed by atoms with Gasteiger partial charge < -0.3 is 15.0 Å². The fourth-order valence-corrected chi connectivity index (χ4v) is 2.78. The Morgan fingerprint density at radius 3 is 2.28 bits per heavy atom. The number of hydrogen-bond acceptors (Lipinski definition) is 3. The summed E-state index contributed by atoms with van der Waals surface area (Å²) in [7, 11) is 1.47. The first kappa shape index (κ1) is 19.1. The van der Waals surface area contributed by atoms with Crippen molar-refractivity contribution in [3.8, 4) is 5.75 Å². The number of benzene rings is 1. The SMILES string of the molecule is COc1ccc([C@@H](CC(=O)N2CCCCC2)NC(=O)C(F)(F)F)cc1. The van der Waals surface area contributed by atoms with Crippen LogP contribution in [0.15, 0.2) is 24.3 Å². The zero-order chi connectivity index (χ0) is 18.4. The second-order valence-electron chi connectivity index (χ2n) is 5.94. The number of nitrogens with one attached hydrogen (secondary N) is 1. The Balaban J connectivity index is 2.15. The van der Waals surface area contributed by atoms with E-state index in [-0.39, 0.29) is 12.3 Å². The van der Waals surface area contributed by atoms with Crippen LogP contribution in [0.3, 0.4) is 0 Å². The quantitative estimate of drug-likeness (QED) is 0.881. The van der Waals surface area contributed by atoms with Crippen LogP contribution in [0.5, 0.6) is 5.75 Å². The maximum Gasteiger partial charge on any atom is 0.471 e. The number of piperidine rings is 1. The molecule has 138 valence electrons. The first-order valence-electron chi connectivity index (χ1n) is 8.10. The predicted octanol–water partition coefficient (Wildman–Crippen LogP) is 2.82. The normalized spacial score (nSPS) is 16.2. The van der Waals surface area contributed by atoms with Crippen LogP contribution in [0.2, 0.25) is 0 Å². The van der Waals surface area contributed by atoms with Crippen LogP contribution in [-0.2, 0) is 9.59 Å². The molecule has 0 saturated carbocycles. The third kappa shape index (κ3) is 5.37. The highest BCUT2D eigenvalue weighted by molar-refractivity contribution is 5.83. The molecule has 0 unspecified atom stereocenters. The van der Waals surface area contributed by atoms with Crippen molar-refractivity contribution in [2.75, 3.05) is 20.2 Å². The Bertz CT molecular complexity index is 596. The number of methoxy groups -OCH3 is 1. The van der Waals surface area contributed by atoms with Gasteiger partial charge in [0.25, 0.3) is 0 Å². The Labute approximate surface area is 144 Å². The van der Waals surface area contributed by atoms with Crippen molar-refractivity contribution in [3.63, 3.8) is 0 Å². The molecule has 0 bridgehead atoms. The largest absolute Gasteiger partial charge is 0.497 e. The highest BCUT2D eigenvalue weighted by atomic mass is 19.4. The first-order chi connectivity index (χ1) is 11.8. The van der Waals surface area contributed by atoms with Gasteiger partial charge in [0.1, 0.15) is 5.75 Å². The van der Waals surface area contributed by atoms with Crippen molar-refractivity contribution in [2.24, 2.45) is 0 Å². The minimum atomic E-state index is -5.00. The summed E-state index contributed by atoms with van der Waals surface area (Å²) in [5, 5.41) is 1.93. The fraction of sp³-hybridized carbons (Fsp3) is 0.529. The van der Waals surface area contributed by atoms with Crippen LogP contribution < -0.4 is 10.1 Å². The van der Waals surface area contributed by atoms with Gasteiger partial charge in [0, 0.05) is 13.1 Å². The topological polar surface area (TPSA) is 58.6 Å². The number of rotatable bonds is 5. The lowest BCUT2D eigenvalue weighted by molar-refractivity contribution is -0.174. The van der Waals surface area contributed by atoms with Gasteiger partial charge in [-0.15, -0.1) is 0 Å². The Morgan fingerprint density at radius 1 is 1.16 bits per heavy atom. The fourth-order valence-electron chi connectivity index (χ4n) is 2.78. The maximum absolute atomic E-state index is 12.6.